The molecule has 2 aromatic rings. The van der Waals surface area contributed by atoms with Gasteiger partial charge in [0.25, 0.3) is 0 Å². The van der Waals surface area contributed by atoms with Crippen LogP contribution in [0.3, 0.4) is 0 Å². The van der Waals surface area contributed by atoms with Crippen LogP contribution in [0.2, 0.25) is 0 Å². The van der Waals surface area contributed by atoms with Gasteiger partial charge in [-0.05, 0) is 37.1 Å². The first-order valence-corrected chi connectivity index (χ1v) is 9.32. The third-order valence-electron chi connectivity index (χ3n) is 4.23. The summed E-state index contributed by atoms with van der Waals surface area (Å²) < 4.78 is 7.85. The summed E-state index contributed by atoms with van der Waals surface area (Å²) in [5.41, 5.74) is 0.837. The Kier molecular flexibility index (Phi) is 7.27. The van der Waals surface area contributed by atoms with Gasteiger partial charge in [-0.15, -0.1) is 0 Å². The predicted molar refractivity (Wildman–Crippen MR) is 110 cm³/mol. The van der Waals surface area contributed by atoms with E-state index in [9.17, 15) is 0 Å². The maximum absolute atomic E-state index is 8.93. The van der Waals surface area contributed by atoms with Crippen LogP contribution in [0.4, 0.5) is 5.69 Å². The van der Waals surface area contributed by atoms with Crippen molar-refractivity contribution in [2.24, 2.45) is 10.9 Å². The number of aliphatic imine (C=N–C) groups is 1. The Morgan fingerprint density at radius 2 is 2.21 bits per heavy atom. The molecule has 1 heterocycles. The smallest absolute Gasteiger partial charge is 0.209 e. The maximum Gasteiger partial charge on any atom is 0.209 e. The number of hydrogen-bond acceptors (Lipinski definition) is 4. The Bertz CT molecular complexity index is 846. The predicted octanol–water partition coefficient (Wildman–Crippen LogP) is 3.32. The van der Waals surface area contributed by atoms with E-state index in [4.69, 9.17) is 10.00 Å². The van der Waals surface area contributed by atoms with Crippen molar-refractivity contribution in [3.8, 4) is 11.9 Å². The number of nitriles is 1. The highest BCUT2D eigenvalue weighted by Gasteiger charge is 2.06. The number of imidazole rings is 1. The number of allylic oxidation sites excluding steroid dienone is 3. The molecule has 0 aliphatic heterocycles. The average molecular weight is 376 g/mol. The number of guanidine groups is 1. The Morgan fingerprint density at radius 3 is 2.93 bits per heavy atom. The molecular formula is C21H24N6O. The first kappa shape index (κ1) is 19.2. The summed E-state index contributed by atoms with van der Waals surface area (Å²) in [6.07, 6.45) is 17.7. The van der Waals surface area contributed by atoms with Gasteiger partial charge in [-0.2, -0.15) is 5.26 Å². The lowest BCUT2D eigenvalue weighted by Gasteiger charge is -2.14. The lowest BCUT2D eigenvalue weighted by atomic mass is 10.0. The second-order valence-electron chi connectivity index (χ2n) is 6.39. The van der Waals surface area contributed by atoms with E-state index in [1.54, 1.807) is 12.5 Å². The summed E-state index contributed by atoms with van der Waals surface area (Å²) in [7, 11) is 0. The van der Waals surface area contributed by atoms with Gasteiger partial charge in [-0.25, -0.2) is 4.98 Å². The fraction of sp³-hybridized carbons (Fsp3) is 0.286. The van der Waals surface area contributed by atoms with Crippen LogP contribution in [-0.4, -0.2) is 28.7 Å². The van der Waals surface area contributed by atoms with E-state index in [0.717, 1.165) is 30.8 Å². The van der Waals surface area contributed by atoms with Crippen molar-refractivity contribution in [1.82, 2.24) is 14.9 Å². The molecule has 0 bridgehead atoms. The Hall–Kier alpha value is -3.53. The molecule has 2 N–H and O–H groups in total. The number of nitrogens with one attached hydrogen (secondary N) is 2. The van der Waals surface area contributed by atoms with Crippen LogP contribution < -0.4 is 15.4 Å². The maximum atomic E-state index is 8.93. The second-order valence-corrected chi connectivity index (χ2v) is 6.39. The highest BCUT2D eigenvalue weighted by atomic mass is 16.5. The van der Waals surface area contributed by atoms with Gasteiger partial charge in [0.1, 0.15) is 5.75 Å². The van der Waals surface area contributed by atoms with Crippen LogP contribution in [-0.2, 0) is 6.54 Å². The Balaban J connectivity index is 1.46. The van der Waals surface area contributed by atoms with E-state index < -0.39 is 0 Å². The fourth-order valence-electron chi connectivity index (χ4n) is 2.76. The SMILES string of the molecule is N#CNC(=NCCCn1ccnc1)Nc1ccc(OCC2C=CC=CC2)cc1. The van der Waals surface area contributed by atoms with E-state index in [0.29, 0.717) is 25.0 Å². The molecule has 1 unspecified atom stereocenters. The molecule has 144 valence electrons. The topological polar surface area (TPSA) is 87.3 Å². The number of anilines is 1. The molecule has 3 rings (SSSR count). The summed E-state index contributed by atoms with van der Waals surface area (Å²) in [5, 5.41) is 14.6. The van der Waals surface area contributed by atoms with E-state index >= 15 is 0 Å². The minimum atomic E-state index is 0.420. The van der Waals surface area contributed by atoms with Gasteiger partial charge in [0.15, 0.2) is 6.19 Å². The molecule has 1 aliphatic rings. The van der Waals surface area contributed by atoms with Gasteiger partial charge in [-0.3, -0.25) is 10.3 Å². The molecule has 1 atom stereocenters. The zero-order chi connectivity index (χ0) is 19.4. The number of hydrogen-bond donors (Lipinski definition) is 2. The van der Waals surface area contributed by atoms with Crippen LogP contribution in [0, 0.1) is 17.4 Å². The molecule has 0 amide bonds. The molecule has 1 aromatic carbocycles. The number of benzene rings is 1. The van der Waals surface area contributed by atoms with Gasteiger partial charge in [0.05, 0.1) is 12.9 Å². The third kappa shape index (κ3) is 6.32. The fourth-order valence-corrected chi connectivity index (χ4v) is 2.76. The van der Waals surface area contributed by atoms with Crippen molar-refractivity contribution < 1.29 is 4.74 Å². The van der Waals surface area contributed by atoms with Crippen molar-refractivity contribution in [3.63, 3.8) is 0 Å². The van der Waals surface area contributed by atoms with Crippen molar-refractivity contribution in [2.45, 2.75) is 19.4 Å². The minimum Gasteiger partial charge on any atom is -0.493 e. The largest absolute Gasteiger partial charge is 0.493 e. The number of aryl methyl sites for hydroxylation is 1. The van der Waals surface area contributed by atoms with Gasteiger partial charge in [0.2, 0.25) is 5.96 Å². The van der Waals surface area contributed by atoms with Crippen LogP contribution in [0.1, 0.15) is 12.8 Å². The lowest BCUT2D eigenvalue weighted by Crippen LogP contribution is -2.27. The molecule has 7 heteroatoms. The Labute approximate surface area is 165 Å². The van der Waals surface area contributed by atoms with Crippen molar-refractivity contribution in [3.05, 3.63) is 67.3 Å². The highest BCUT2D eigenvalue weighted by molar-refractivity contribution is 5.94. The van der Waals surface area contributed by atoms with Crippen LogP contribution in [0.25, 0.3) is 0 Å². The number of ether oxygens (including phenoxy) is 1. The third-order valence-corrected chi connectivity index (χ3v) is 4.23. The standard InChI is InChI=1S/C21H24N6O/c22-16-25-21(24-11-4-13-27-14-12-23-17-27)26-19-7-9-20(10-8-19)28-15-18-5-2-1-3-6-18/h1-3,5,7-10,12,14,17-18H,4,6,11,13,15H2,(H2,24,25,26). The van der Waals surface area contributed by atoms with Gasteiger partial charge in [0, 0.05) is 37.1 Å². The lowest BCUT2D eigenvalue weighted by molar-refractivity contribution is 0.276. The van der Waals surface area contributed by atoms with E-state index in [2.05, 4.69) is 44.9 Å². The molecule has 0 saturated heterocycles. The van der Waals surface area contributed by atoms with Crippen LogP contribution in [0.15, 0.2) is 72.3 Å². The van der Waals surface area contributed by atoms with Gasteiger partial charge < -0.3 is 14.6 Å². The number of rotatable bonds is 8. The summed E-state index contributed by atoms with van der Waals surface area (Å²) in [4.78, 5) is 8.43. The summed E-state index contributed by atoms with van der Waals surface area (Å²) in [6.45, 7) is 2.09. The van der Waals surface area contributed by atoms with Crippen molar-refractivity contribution >= 4 is 11.6 Å². The first-order valence-electron chi connectivity index (χ1n) is 9.32. The molecule has 0 radical (unpaired) electrons. The molecule has 0 saturated carbocycles. The molecule has 1 aromatic heterocycles. The quantitative estimate of drug-likeness (QED) is 0.243. The van der Waals surface area contributed by atoms with E-state index in [1.165, 1.54) is 0 Å². The van der Waals surface area contributed by atoms with Crippen molar-refractivity contribution in [1.29, 1.82) is 5.26 Å². The minimum absolute atomic E-state index is 0.420. The van der Waals surface area contributed by atoms with Gasteiger partial charge in [-0.1, -0.05) is 24.3 Å². The zero-order valence-electron chi connectivity index (χ0n) is 15.7. The molecule has 7 nitrogen and oxygen atoms in total. The number of aromatic nitrogens is 2. The van der Waals surface area contributed by atoms with Crippen molar-refractivity contribution in [2.75, 3.05) is 18.5 Å². The monoisotopic (exact) mass is 376 g/mol. The summed E-state index contributed by atoms with van der Waals surface area (Å²) in [6, 6.07) is 7.64. The molecule has 0 fully saturated rings. The highest BCUT2D eigenvalue weighted by Crippen LogP contribution is 2.18. The summed E-state index contributed by atoms with van der Waals surface area (Å²) >= 11 is 0. The molecule has 0 spiro atoms. The first-order chi connectivity index (χ1) is 13.8. The average Bonchev–Trinajstić information content (AvgIpc) is 3.25. The second kappa shape index (κ2) is 10.6. The van der Waals surface area contributed by atoms with E-state index in [-0.39, 0.29) is 0 Å². The number of nitrogens with zero attached hydrogens (tertiary/aromatic N) is 4. The summed E-state index contributed by atoms with van der Waals surface area (Å²) in [5.74, 6) is 1.67. The molecule has 28 heavy (non-hydrogen) atoms. The molecular weight excluding hydrogens is 352 g/mol. The van der Waals surface area contributed by atoms with Crippen LogP contribution >= 0.6 is 0 Å². The van der Waals surface area contributed by atoms with Gasteiger partial charge >= 0.3 is 0 Å². The van der Waals surface area contributed by atoms with E-state index in [1.807, 2.05) is 41.2 Å². The molecule has 1 aliphatic carbocycles. The normalized spacial score (nSPS) is 15.8. The zero-order valence-corrected chi connectivity index (χ0v) is 15.7. The Morgan fingerprint density at radius 1 is 1.32 bits per heavy atom. The van der Waals surface area contributed by atoms with Crippen LogP contribution in [0.5, 0.6) is 5.75 Å².